The van der Waals surface area contributed by atoms with Crippen LogP contribution in [0.25, 0.3) is 0 Å². The van der Waals surface area contributed by atoms with Gasteiger partial charge in [0.2, 0.25) is 0 Å². The molecule has 1 saturated heterocycles. The number of benzene rings is 3. The van der Waals surface area contributed by atoms with Gasteiger partial charge in [0.05, 0.1) is 0 Å². The minimum Gasteiger partial charge on any atom is -0.489 e. The average Bonchev–Trinajstić information content (AvgIpc) is 2.92. The first-order valence-electron chi connectivity index (χ1n) is 11.8. The van der Waals surface area contributed by atoms with Crippen LogP contribution in [0.4, 0.5) is 13.2 Å². The van der Waals surface area contributed by atoms with Crippen LogP contribution in [0.2, 0.25) is 0 Å². The first kappa shape index (κ1) is 27.7. The minimum atomic E-state index is -5.08. The molecule has 1 aliphatic heterocycles. The van der Waals surface area contributed by atoms with Gasteiger partial charge >= 0.3 is 12.1 Å². The summed E-state index contributed by atoms with van der Waals surface area (Å²) in [5.74, 6) is -1.47. The van der Waals surface area contributed by atoms with Crippen molar-refractivity contribution < 1.29 is 32.6 Å². The van der Waals surface area contributed by atoms with Gasteiger partial charge in [0.1, 0.15) is 12.4 Å². The molecule has 1 heterocycles. The second kappa shape index (κ2) is 12.9. The molecule has 6 nitrogen and oxygen atoms in total. The second-order valence-corrected chi connectivity index (χ2v) is 8.62. The summed E-state index contributed by atoms with van der Waals surface area (Å²) in [5.41, 5.74) is 10.1. The van der Waals surface area contributed by atoms with E-state index >= 15 is 0 Å². The molecule has 0 spiro atoms. The molecular formula is C28H29F3N2O4. The Morgan fingerprint density at radius 3 is 2.16 bits per heavy atom. The Bertz CT molecular complexity index is 1180. The Labute approximate surface area is 213 Å². The molecule has 1 aliphatic rings. The fourth-order valence-electron chi connectivity index (χ4n) is 4.03. The number of nitrogens with zero attached hydrogens (tertiary/aromatic N) is 1. The molecular weight excluding hydrogens is 485 g/mol. The van der Waals surface area contributed by atoms with Crippen LogP contribution in [-0.4, -0.2) is 41.1 Å². The van der Waals surface area contributed by atoms with E-state index in [-0.39, 0.29) is 5.91 Å². The van der Waals surface area contributed by atoms with Crippen molar-refractivity contribution in [3.05, 3.63) is 101 Å². The molecule has 0 bridgehead atoms. The first-order valence-corrected chi connectivity index (χ1v) is 11.8. The summed E-state index contributed by atoms with van der Waals surface area (Å²) in [6.45, 7) is 2.59. The lowest BCUT2D eigenvalue weighted by molar-refractivity contribution is -0.192. The van der Waals surface area contributed by atoms with Crippen LogP contribution in [0, 0.1) is 0 Å². The molecule has 0 saturated carbocycles. The van der Waals surface area contributed by atoms with E-state index in [9.17, 15) is 18.0 Å². The number of carbonyl (C=O) groups excluding carboxylic acids is 1. The predicted octanol–water partition coefficient (Wildman–Crippen LogP) is 5.38. The smallest absolute Gasteiger partial charge is 0.489 e. The number of halogens is 3. The predicted molar refractivity (Wildman–Crippen MR) is 133 cm³/mol. The van der Waals surface area contributed by atoms with Crippen molar-refractivity contribution in [2.75, 3.05) is 13.1 Å². The van der Waals surface area contributed by atoms with Crippen molar-refractivity contribution in [2.24, 2.45) is 5.73 Å². The van der Waals surface area contributed by atoms with Gasteiger partial charge < -0.3 is 20.5 Å². The number of alkyl halides is 3. The molecule has 3 aromatic carbocycles. The van der Waals surface area contributed by atoms with Gasteiger partial charge in [-0.05, 0) is 53.6 Å². The van der Waals surface area contributed by atoms with Crippen molar-refractivity contribution in [3.8, 4) is 5.75 Å². The van der Waals surface area contributed by atoms with Gasteiger partial charge in [-0.3, -0.25) is 4.79 Å². The minimum absolute atomic E-state index is 0.0781. The molecule has 196 valence electrons. The molecule has 37 heavy (non-hydrogen) atoms. The topological polar surface area (TPSA) is 92.9 Å². The van der Waals surface area contributed by atoms with E-state index < -0.39 is 12.1 Å². The number of carboxylic acid groups (broad SMARTS) is 1. The quantitative estimate of drug-likeness (QED) is 0.461. The van der Waals surface area contributed by atoms with Crippen LogP contribution in [0.15, 0.2) is 78.9 Å². The van der Waals surface area contributed by atoms with Gasteiger partial charge in [0.25, 0.3) is 5.91 Å². The highest BCUT2D eigenvalue weighted by Gasteiger charge is 2.38. The second-order valence-electron chi connectivity index (χ2n) is 8.62. The van der Waals surface area contributed by atoms with Crippen molar-refractivity contribution in [1.82, 2.24) is 4.90 Å². The van der Waals surface area contributed by atoms with E-state index in [0.29, 0.717) is 24.6 Å². The largest absolute Gasteiger partial charge is 0.490 e. The van der Waals surface area contributed by atoms with Crippen LogP contribution in [-0.2, 0) is 17.9 Å². The maximum Gasteiger partial charge on any atom is 0.490 e. The van der Waals surface area contributed by atoms with E-state index in [1.165, 1.54) is 11.1 Å². The molecule has 0 aliphatic carbocycles. The summed E-state index contributed by atoms with van der Waals surface area (Å²) in [5, 5.41) is 7.12. The Morgan fingerprint density at radius 1 is 0.919 bits per heavy atom. The summed E-state index contributed by atoms with van der Waals surface area (Å²) >= 11 is 0. The Kier molecular flexibility index (Phi) is 9.68. The van der Waals surface area contributed by atoms with Gasteiger partial charge in [-0.1, -0.05) is 60.7 Å². The lowest BCUT2D eigenvalue weighted by Crippen LogP contribution is -2.37. The summed E-state index contributed by atoms with van der Waals surface area (Å²) < 4.78 is 37.6. The summed E-state index contributed by atoms with van der Waals surface area (Å²) in [6, 6.07) is 26.1. The summed E-state index contributed by atoms with van der Waals surface area (Å²) in [4.78, 5) is 23.9. The summed E-state index contributed by atoms with van der Waals surface area (Å²) in [6.07, 6.45) is -3.13. The zero-order chi connectivity index (χ0) is 26.8. The highest BCUT2D eigenvalue weighted by Crippen LogP contribution is 2.29. The van der Waals surface area contributed by atoms with Gasteiger partial charge in [-0.25, -0.2) is 4.79 Å². The third-order valence-corrected chi connectivity index (χ3v) is 6.01. The van der Waals surface area contributed by atoms with E-state index in [1.807, 2.05) is 59.5 Å². The normalized spacial score (nSPS) is 13.9. The first-order chi connectivity index (χ1) is 17.7. The van der Waals surface area contributed by atoms with Gasteiger partial charge in [0.15, 0.2) is 0 Å². The molecule has 3 aromatic rings. The van der Waals surface area contributed by atoms with Crippen LogP contribution in [0.5, 0.6) is 5.75 Å². The SMILES string of the molecule is NCc1cccc(C2CCN(C(=O)c3cccc(OCc4ccccc4)c3)CC2)c1.O=C(O)C(F)(F)F. The van der Waals surface area contributed by atoms with Crippen molar-refractivity contribution in [2.45, 2.75) is 38.1 Å². The van der Waals surface area contributed by atoms with Crippen molar-refractivity contribution in [3.63, 3.8) is 0 Å². The molecule has 0 aromatic heterocycles. The third kappa shape index (κ3) is 8.35. The standard InChI is InChI=1S/C26H28N2O2.C2HF3O2/c27-18-21-8-4-9-23(16-21)22-12-14-28(15-13-22)26(29)24-10-5-11-25(17-24)30-19-20-6-2-1-3-7-20;3-2(4,5)1(6)7/h1-11,16-17,22H,12-15,18-19,27H2;(H,6,7). The van der Waals surface area contributed by atoms with Crippen molar-refractivity contribution in [1.29, 1.82) is 0 Å². The maximum absolute atomic E-state index is 13.0. The number of piperidine rings is 1. The van der Waals surface area contributed by atoms with E-state index in [2.05, 4.69) is 24.3 Å². The molecule has 0 atom stereocenters. The molecule has 9 heteroatoms. The molecule has 0 unspecified atom stereocenters. The fourth-order valence-corrected chi connectivity index (χ4v) is 4.03. The highest BCUT2D eigenvalue weighted by molar-refractivity contribution is 5.94. The molecule has 3 N–H and O–H groups in total. The van der Waals surface area contributed by atoms with Gasteiger partial charge in [-0.2, -0.15) is 13.2 Å². The number of ether oxygens (including phenoxy) is 1. The monoisotopic (exact) mass is 514 g/mol. The Morgan fingerprint density at radius 2 is 1.54 bits per heavy atom. The number of nitrogens with two attached hydrogens (primary N) is 1. The van der Waals surface area contributed by atoms with E-state index in [1.54, 1.807) is 0 Å². The number of likely N-dealkylation sites (tertiary alicyclic amines) is 1. The van der Waals surface area contributed by atoms with E-state index in [0.717, 1.165) is 37.2 Å². The van der Waals surface area contributed by atoms with Crippen LogP contribution in [0.3, 0.4) is 0 Å². The zero-order valence-corrected chi connectivity index (χ0v) is 20.2. The van der Waals surface area contributed by atoms with Crippen LogP contribution in [0.1, 0.15) is 45.8 Å². The number of rotatable bonds is 6. The van der Waals surface area contributed by atoms with Crippen LogP contribution >= 0.6 is 0 Å². The third-order valence-electron chi connectivity index (χ3n) is 6.01. The van der Waals surface area contributed by atoms with Crippen LogP contribution < -0.4 is 10.5 Å². The lowest BCUT2D eigenvalue weighted by atomic mass is 9.88. The number of carbonyl (C=O) groups is 2. The molecule has 0 radical (unpaired) electrons. The Hall–Kier alpha value is -3.85. The van der Waals surface area contributed by atoms with Crippen molar-refractivity contribution >= 4 is 11.9 Å². The zero-order valence-electron chi connectivity index (χ0n) is 20.2. The lowest BCUT2D eigenvalue weighted by Gasteiger charge is -2.32. The number of carboxylic acids is 1. The summed E-state index contributed by atoms with van der Waals surface area (Å²) in [7, 11) is 0. The van der Waals surface area contributed by atoms with E-state index in [4.69, 9.17) is 20.4 Å². The number of aliphatic carboxylic acids is 1. The number of hydrogen-bond donors (Lipinski definition) is 2. The average molecular weight is 515 g/mol. The number of amides is 1. The Balaban J connectivity index is 0.000000479. The molecule has 4 rings (SSSR count). The maximum atomic E-state index is 13.0. The fraction of sp³-hybridized carbons (Fsp3) is 0.286. The highest BCUT2D eigenvalue weighted by atomic mass is 19.4. The number of hydrogen-bond acceptors (Lipinski definition) is 4. The molecule has 1 amide bonds. The molecule has 1 fully saturated rings. The van der Waals surface area contributed by atoms with Gasteiger partial charge in [0, 0.05) is 25.2 Å². The van der Waals surface area contributed by atoms with Gasteiger partial charge in [-0.15, -0.1) is 0 Å².